The largest absolute Gasteiger partial charge is 0.433 e. The summed E-state index contributed by atoms with van der Waals surface area (Å²) < 4.78 is 30.3. The van der Waals surface area contributed by atoms with Gasteiger partial charge in [0.15, 0.2) is 0 Å². The van der Waals surface area contributed by atoms with Gasteiger partial charge in [-0.3, -0.25) is 0 Å². The minimum Gasteiger partial charge on any atom is -0.433 e. The summed E-state index contributed by atoms with van der Waals surface area (Å²) in [7, 11) is 0. The van der Waals surface area contributed by atoms with Crippen LogP contribution in [0.3, 0.4) is 0 Å². The number of hydrogen-bond donors (Lipinski definition) is 1. The molecular formula is C15H15BrClF2NO. The molecule has 0 amide bonds. The minimum absolute atomic E-state index is 0. The van der Waals surface area contributed by atoms with Gasteiger partial charge in [0.05, 0.1) is 4.47 Å². The van der Waals surface area contributed by atoms with Crippen molar-refractivity contribution in [3.63, 3.8) is 0 Å². The van der Waals surface area contributed by atoms with E-state index < -0.39 is 6.61 Å². The number of rotatable bonds is 4. The van der Waals surface area contributed by atoms with E-state index in [1.54, 1.807) is 18.2 Å². The van der Waals surface area contributed by atoms with E-state index in [-0.39, 0.29) is 18.2 Å². The van der Waals surface area contributed by atoms with Crippen LogP contribution in [0.1, 0.15) is 11.1 Å². The van der Waals surface area contributed by atoms with E-state index in [1.165, 1.54) is 0 Å². The SMILES string of the molecule is Cc1c(CN)cccc1-c1cccc(Br)c1OC(F)F.Cl. The Kier molecular flexibility index (Phi) is 6.58. The van der Waals surface area contributed by atoms with Crippen molar-refractivity contribution in [1.29, 1.82) is 0 Å². The van der Waals surface area contributed by atoms with Gasteiger partial charge in [0.2, 0.25) is 0 Å². The van der Waals surface area contributed by atoms with E-state index in [2.05, 4.69) is 20.7 Å². The van der Waals surface area contributed by atoms with E-state index in [0.717, 1.165) is 16.7 Å². The highest BCUT2D eigenvalue weighted by Gasteiger charge is 2.16. The van der Waals surface area contributed by atoms with Crippen molar-refractivity contribution >= 4 is 28.3 Å². The predicted molar refractivity (Wildman–Crippen MR) is 86.1 cm³/mol. The molecule has 0 heterocycles. The zero-order chi connectivity index (χ0) is 14.7. The highest BCUT2D eigenvalue weighted by molar-refractivity contribution is 9.10. The first-order valence-electron chi connectivity index (χ1n) is 6.07. The number of para-hydroxylation sites is 1. The molecule has 2 N–H and O–H groups in total. The van der Waals surface area contributed by atoms with Crippen LogP contribution in [-0.2, 0) is 6.54 Å². The monoisotopic (exact) mass is 377 g/mol. The Balaban J connectivity index is 0.00000220. The van der Waals surface area contributed by atoms with Gasteiger partial charge in [0.25, 0.3) is 0 Å². The quantitative estimate of drug-likeness (QED) is 0.821. The van der Waals surface area contributed by atoms with Crippen LogP contribution in [0.25, 0.3) is 11.1 Å². The van der Waals surface area contributed by atoms with E-state index in [4.69, 9.17) is 5.73 Å². The van der Waals surface area contributed by atoms with E-state index in [0.29, 0.717) is 16.6 Å². The second kappa shape index (κ2) is 7.73. The third-order valence-electron chi connectivity index (χ3n) is 3.13. The molecule has 0 saturated heterocycles. The third-order valence-corrected chi connectivity index (χ3v) is 3.75. The first-order chi connectivity index (χ1) is 9.54. The van der Waals surface area contributed by atoms with E-state index in [9.17, 15) is 8.78 Å². The fourth-order valence-electron chi connectivity index (χ4n) is 2.13. The maximum Gasteiger partial charge on any atom is 0.387 e. The third kappa shape index (κ3) is 3.93. The van der Waals surface area contributed by atoms with Crippen LogP contribution in [0, 0.1) is 6.92 Å². The summed E-state index contributed by atoms with van der Waals surface area (Å²) in [5, 5.41) is 0. The van der Waals surface area contributed by atoms with E-state index >= 15 is 0 Å². The number of hydrogen-bond acceptors (Lipinski definition) is 2. The Morgan fingerprint density at radius 1 is 1.14 bits per heavy atom. The van der Waals surface area contributed by atoms with Crippen molar-refractivity contribution in [1.82, 2.24) is 0 Å². The van der Waals surface area contributed by atoms with Gasteiger partial charge in [0.1, 0.15) is 5.75 Å². The van der Waals surface area contributed by atoms with E-state index in [1.807, 2.05) is 25.1 Å². The molecule has 0 fully saturated rings. The average Bonchev–Trinajstić information content (AvgIpc) is 2.41. The zero-order valence-electron chi connectivity index (χ0n) is 11.3. The van der Waals surface area contributed by atoms with Crippen molar-refractivity contribution in [2.45, 2.75) is 20.1 Å². The Hall–Kier alpha value is -1.17. The first kappa shape index (κ1) is 17.9. The molecule has 0 saturated carbocycles. The first-order valence-corrected chi connectivity index (χ1v) is 6.86. The Morgan fingerprint density at radius 3 is 2.38 bits per heavy atom. The number of benzene rings is 2. The summed E-state index contributed by atoms with van der Waals surface area (Å²) >= 11 is 3.25. The van der Waals surface area contributed by atoms with Gasteiger partial charge in [0, 0.05) is 12.1 Å². The summed E-state index contributed by atoms with van der Waals surface area (Å²) in [6.07, 6.45) is 0. The lowest BCUT2D eigenvalue weighted by atomic mass is 9.96. The van der Waals surface area contributed by atoms with Crippen LogP contribution in [0.5, 0.6) is 5.75 Å². The van der Waals surface area contributed by atoms with Gasteiger partial charge in [-0.1, -0.05) is 30.3 Å². The molecule has 0 aliphatic rings. The van der Waals surface area contributed by atoms with Crippen molar-refractivity contribution in [2.75, 3.05) is 0 Å². The van der Waals surface area contributed by atoms with Crippen molar-refractivity contribution < 1.29 is 13.5 Å². The summed E-state index contributed by atoms with van der Waals surface area (Å²) in [6, 6.07) is 10.9. The Labute approximate surface area is 136 Å². The molecule has 2 aromatic rings. The summed E-state index contributed by atoms with van der Waals surface area (Å²) in [4.78, 5) is 0. The van der Waals surface area contributed by atoms with Gasteiger partial charge in [-0.2, -0.15) is 8.78 Å². The molecule has 114 valence electrons. The average molecular weight is 379 g/mol. The Bertz CT molecular complexity index is 623. The molecule has 0 spiro atoms. The number of nitrogens with two attached hydrogens (primary N) is 1. The summed E-state index contributed by atoms with van der Waals surface area (Å²) in [5.41, 5.74) is 9.08. The van der Waals surface area contributed by atoms with Crippen molar-refractivity contribution in [3.05, 3.63) is 52.0 Å². The molecule has 0 aliphatic heterocycles. The molecule has 2 nitrogen and oxygen atoms in total. The number of alkyl halides is 2. The molecule has 0 bridgehead atoms. The van der Waals surface area contributed by atoms with Gasteiger partial charge in [-0.25, -0.2) is 0 Å². The molecule has 0 atom stereocenters. The predicted octanol–water partition coefficient (Wildman–Crippen LogP) is 4.91. The normalized spacial score (nSPS) is 10.4. The van der Waals surface area contributed by atoms with Crippen LogP contribution in [0.15, 0.2) is 40.9 Å². The smallest absolute Gasteiger partial charge is 0.387 e. The molecular weight excluding hydrogens is 364 g/mol. The molecule has 0 unspecified atom stereocenters. The molecule has 6 heteroatoms. The van der Waals surface area contributed by atoms with Gasteiger partial charge >= 0.3 is 6.61 Å². The molecule has 21 heavy (non-hydrogen) atoms. The van der Waals surface area contributed by atoms with Crippen LogP contribution >= 0.6 is 28.3 Å². The summed E-state index contributed by atoms with van der Waals surface area (Å²) in [6.45, 7) is -0.547. The number of ether oxygens (including phenoxy) is 1. The minimum atomic E-state index is -2.87. The maximum atomic E-state index is 12.6. The van der Waals surface area contributed by atoms with Crippen molar-refractivity contribution in [3.8, 4) is 16.9 Å². The molecule has 0 aliphatic carbocycles. The molecule has 0 radical (unpaired) electrons. The van der Waals surface area contributed by atoms with Crippen molar-refractivity contribution in [2.24, 2.45) is 5.73 Å². The van der Waals surface area contributed by atoms with Gasteiger partial charge in [-0.05, 0) is 45.6 Å². The molecule has 2 aromatic carbocycles. The topological polar surface area (TPSA) is 35.2 Å². The molecule has 0 aromatic heterocycles. The zero-order valence-corrected chi connectivity index (χ0v) is 13.7. The van der Waals surface area contributed by atoms with Crippen LogP contribution in [0.2, 0.25) is 0 Å². The fourth-order valence-corrected chi connectivity index (χ4v) is 2.59. The van der Waals surface area contributed by atoms with Crippen LogP contribution < -0.4 is 10.5 Å². The maximum absolute atomic E-state index is 12.6. The highest BCUT2D eigenvalue weighted by Crippen LogP contribution is 2.39. The lowest BCUT2D eigenvalue weighted by Crippen LogP contribution is -2.05. The number of halogens is 4. The molecule has 2 rings (SSSR count). The lowest BCUT2D eigenvalue weighted by Gasteiger charge is -2.16. The second-order valence-corrected chi connectivity index (χ2v) is 5.14. The second-order valence-electron chi connectivity index (χ2n) is 4.29. The standard InChI is InChI=1S/C15H14BrF2NO.ClH/c1-9-10(8-19)4-2-5-11(9)12-6-3-7-13(16)14(12)20-15(17)18;/h2-7,15H,8,19H2,1H3;1H. The highest BCUT2D eigenvalue weighted by atomic mass is 79.9. The van der Waals surface area contributed by atoms with Crippen LogP contribution in [0.4, 0.5) is 8.78 Å². The lowest BCUT2D eigenvalue weighted by molar-refractivity contribution is -0.0499. The summed E-state index contributed by atoms with van der Waals surface area (Å²) in [5.74, 6) is 0.139. The van der Waals surface area contributed by atoms with Gasteiger partial charge in [-0.15, -0.1) is 12.4 Å². The van der Waals surface area contributed by atoms with Gasteiger partial charge < -0.3 is 10.5 Å². The fraction of sp³-hybridized carbons (Fsp3) is 0.200. The van der Waals surface area contributed by atoms with Crippen LogP contribution in [-0.4, -0.2) is 6.61 Å². The Morgan fingerprint density at radius 2 is 1.76 bits per heavy atom.